The predicted molar refractivity (Wildman–Crippen MR) is 108 cm³/mol. The number of carbonyl (C=O) groups is 3. The number of rotatable bonds is 7. The van der Waals surface area contributed by atoms with Crippen LogP contribution in [0.25, 0.3) is 0 Å². The first-order valence-corrected chi connectivity index (χ1v) is 9.90. The van der Waals surface area contributed by atoms with Crippen molar-refractivity contribution in [2.24, 2.45) is 0 Å². The quantitative estimate of drug-likeness (QED) is 0.561. The number of hydrogen-bond donors (Lipinski definition) is 1. The van der Waals surface area contributed by atoms with Crippen molar-refractivity contribution < 1.29 is 23.9 Å². The maximum Gasteiger partial charge on any atom is 0.355 e. The maximum absolute atomic E-state index is 12.6. The summed E-state index contributed by atoms with van der Waals surface area (Å²) < 4.78 is 12.7. The molecule has 0 aliphatic heterocycles. The van der Waals surface area contributed by atoms with Crippen LogP contribution >= 0.6 is 0 Å². The van der Waals surface area contributed by atoms with E-state index in [1.165, 1.54) is 0 Å². The zero-order valence-electron chi connectivity index (χ0n) is 17.8. The molecular formula is C22H28N2O5. The Morgan fingerprint density at radius 1 is 1.14 bits per heavy atom. The van der Waals surface area contributed by atoms with E-state index >= 15 is 0 Å². The Kier molecular flexibility index (Phi) is 5.68. The summed E-state index contributed by atoms with van der Waals surface area (Å²) in [6.07, 6.45) is 2.00. The molecule has 1 aliphatic carbocycles. The number of esters is 2. The second kappa shape index (κ2) is 7.89. The number of ether oxygens (including phenoxy) is 2. The van der Waals surface area contributed by atoms with E-state index in [0.717, 1.165) is 24.2 Å². The van der Waals surface area contributed by atoms with E-state index < -0.39 is 11.9 Å². The predicted octanol–water partition coefficient (Wildman–Crippen LogP) is 3.99. The number of aromatic nitrogens is 2. The highest BCUT2D eigenvalue weighted by molar-refractivity contribution is 6.02. The molecule has 1 N–H and O–H groups in total. The molecule has 0 bridgehead atoms. The minimum atomic E-state index is -0.668. The Labute approximate surface area is 170 Å². The molecule has 0 amide bonds. The average Bonchev–Trinajstić information content (AvgIpc) is 3.34. The van der Waals surface area contributed by atoms with Gasteiger partial charge in [-0.15, -0.1) is 0 Å². The lowest BCUT2D eigenvalue weighted by Gasteiger charge is -2.08. The van der Waals surface area contributed by atoms with Gasteiger partial charge < -0.3 is 19.0 Å². The van der Waals surface area contributed by atoms with Crippen molar-refractivity contribution >= 4 is 17.7 Å². The van der Waals surface area contributed by atoms with Gasteiger partial charge in [0.05, 0.1) is 11.7 Å². The van der Waals surface area contributed by atoms with Crippen LogP contribution in [-0.4, -0.2) is 40.0 Å². The van der Waals surface area contributed by atoms with E-state index in [0.29, 0.717) is 28.4 Å². The Morgan fingerprint density at radius 3 is 2.38 bits per heavy atom. The van der Waals surface area contributed by atoms with Gasteiger partial charge in [0.2, 0.25) is 5.78 Å². The zero-order valence-corrected chi connectivity index (χ0v) is 17.8. The number of carbonyl (C=O) groups excluding carboxylic acids is 3. The highest BCUT2D eigenvalue weighted by atomic mass is 16.5. The minimum absolute atomic E-state index is 0.162. The van der Waals surface area contributed by atoms with Gasteiger partial charge in [-0.05, 0) is 66.0 Å². The fourth-order valence-electron chi connectivity index (χ4n) is 3.77. The molecule has 1 saturated carbocycles. The van der Waals surface area contributed by atoms with Gasteiger partial charge in [-0.2, -0.15) is 0 Å². The van der Waals surface area contributed by atoms with Crippen molar-refractivity contribution in [3.05, 3.63) is 45.5 Å². The number of aromatic amines is 1. The minimum Gasteiger partial charge on any atom is -0.459 e. The molecule has 0 aromatic carbocycles. The largest absolute Gasteiger partial charge is 0.459 e. The van der Waals surface area contributed by atoms with E-state index in [-0.39, 0.29) is 24.2 Å². The van der Waals surface area contributed by atoms with E-state index in [2.05, 4.69) is 9.55 Å². The van der Waals surface area contributed by atoms with Crippen molar-refractivity contribution in [3.8, 4) is 0 Å². The first-order valence-electron chi connectivity index (χ1n) is 9.90. The molecule has 29 heavy (non-hydrogen) atoms. The smallest absolute Gasteiger partial charge is 0.355 e. The molecular weight excluding hydrogens is 372 g/mol. The average molecular weight is 400 g/mol. The monoisotopic (exact) mass is 400 g/mol. The lowest BCUT2D eigenvalue weighted by atomic mass is 10.1. The Morgan fingerprint density at radius 2 is 1.79 bits per heavy atom. The zero-order chi connectivity index (χ0) is 21.5. The van der Waals surface area contributed by atoms with Crippen molar-refractivity contribution in [1.29, 1.82) is 0 Å². The third kappa shape index (κ3) is 4.13. The first-order chi connectivity index (χ1) is 13.6. The number of nitrogens with one attached hydrogen (secondary N) is 1. The molecule has 156 valence electrons. The number of Topliss-reactive ketones (excluding diaryl/α,β-unsaturated/α-hetero) is 1. The summed E-state index contributed by atoms with van der Waals surface area (Å²) in [4.78, 5) is 40.3. The molecule has 0 saturated heterocycles. The summed E-state index contributed by atoms with van der Waals surface area (Å²) >= 11 is 0. The van der Waals surface area contributed by atoms with E-state index in [9.17, 15) is 14.4 Å². The van der Waals surface area contributed by atoms with Crippen LogP contribution in [-0.2, 0) is 9.47 Å². The van der Waals surface area contributed by atoms with E-state index in [1.54, 1.807) is 27.7 Å². The number of aryl methyl sites for hydroxylation is 2. The van der Waals surface area contributed by atoms with Crippen LogP contribution in [0.4, 0.5) is 0 Å². The number of ketones is 1. The first kappa shape index (κ1) is 20.9. The third-order valence-electron chi connectivity index (χ3n) is 5.22. The molecule has 7 heteroatoms. The summed E-state index contributed by atoms with van der Waals surface area (Å²) in [6, 6.07) is 2.33. The van der Waals surface area contributed by atoms with Crippen molar-refractivity contribution in [2.45, 2.75) is 66.5 Å². The lowest BCUT2D eigenvalue weighted by molar-refractivity contribution is 0.0376. The molecule has 0 spiro atoms. The van der Waals surface area contributed by atoms with E-state index in [4.69, 9.17) is 9.47 Å². The molecule has 3 rings (SSSR count). The van der Waals surface area contributed by atoms with Gasteiger partial charge in [-0.1, -0.05) is 0 Å². The maximum atomic E-state index is 12.6. The molecule has 0 radical (unpaired) electrons. The van der Waals surface area contributed by atoms with Crippen molar-refractivity contribution in [1.82, 2.24) is 9.55 Å². The Balaban J connectivity index is 1.71. The molecule has 1 aliphatic rings. The van der Waals surface area contributed by atoms with Gasteiger partial charge in [0.25, 0.3) is 0 Å². The van der Waals surface area contributed by atoms with Crippen molar-refractivity contribution in [3.63, 3.8) is 0 Å². The molecule has 2 aromatic heterocycles. The summed E-state index contributed by atoms with van der Waals surface area (Å²) in [7, 11) is 0. The molecule has 1 fully saturated rings. The van der Waals surface area contributed by atoms with Gasteiger partial charge in [-0.25, -0.2) is 9.59 Å². The Hall–Kier alpha value is -2.83. The summed E-state index contributed by atoms with van der Waals surface area (Å²) in [6.45, 7) is 10.4. The summed E-state index contributed by atoms with van der Waals surface area (Å²) in [5.41, 5.74) is 4.01. The lowest BCUT2D eigenvalue weighted by Crippen LogP contribution is -2.16. The number of hydrogen-bond acceptors (Lipinski definition) is 5. The topological polar surface area (TPSA) is 90.4 Å². The third-order valence-corrected chi connectivity index (χ3v) is 5.22. The fourth-order valence-corrected chi connectivity index (χ4v) is 3.77. The van der Waals surface area contributed by atoms with Crippen LogP contribution < -0.4 is 0 Å². The van der Waals surface area contributed by atoms with Gasteiger partial charge in [0.1, 0.15) is 5.69 Å². The van der Waals surface area contributed by atoms with Gasteiger partial charge in [-0.3, -0.25) is 4.79 Å². The second-order valence-corrected chi connectivity index (χ2v) is 7.96. The normalized spacial score (nSPS) is 13.6. The van der Waals surface area contributed by atoms with Crippen molar-refractivity contribution in [2.75, 3.05) is 6.61 Å². The van der Waals surface area contributed by atoms with Crippen LogP contribution in [0.5, 0.6) is 0 Å². The van der Waals surface area contributed by atoms with Gasteiger partial charge in [0.15, 0.2) is 6.61 Å². The van der Waals surface area contributed by atoms with Crippen LogP contribution in [0.3, 0.4) is 0 Å². The molecule has 7 nitrogen and oxygen atoms in total. The fraction of sp³-hybridized carbons (Fsp3) is 0.500. The Bertz CT molecular complexity index is 976. The van der Waals surface area contributed by atoms with Gasteiger partial charge in [0, 0.05) is 28.7 Å². The van der Waals surface area contributed by atoms with Crippen LogP contribution in [0.2, 0.25) is 0 Å². The number of nitrogens with zero attached hydrogens (tertiary/aromatic N) is 1. The highest BCUT2D eigenvalue weighted by Gasteiger charge is 2.29. The second-order valence-electron chi connectivity index (χ2n) is 7.96. The van der Waals surface area contributed by atoms with Crippen LogP contribution in [0.1, 0.15) is 86.6 Å². The van der Waals surface area contributed by atoms with Crippen LogP contribution in [0, 0.1) is 27.7 Å². The molecule has 0 unspecified atom stereocenters. The van der Waals surface area contributed by atoms with E-state index in [1.807, 2.05) is 19.9 Å². The standard InChI is InChI=1S/C22H28N2O5/c1-11(2)29-21(26)19-13(4)20(23-14(19)5)22(27)28-10-18(25)17-9-12(3)24(15(17)6)16-7-8-16/h9,11,16,23H,7-8,10H2,1-6H3. The summed E-state index contributed by atoms with van der Waals surface area (Å²) in [5, 5.41) is 0. The number of H-pyrrole nitrogens is 1. The molecule has 2 heterocycles. The van der Waals surface area contributed by atoms with Gasteiger partial charge >= 0.3 is 11.9 Å². The molecule has 2 aromatic rings. The summed E-state index contributed by atoms with van der Waals surface area (Å²) in [5.74, 6) is -1.40. The highest BCUT2D eigenvalue weighted by Crippen LogP contribution is 2.38. The SMILES string of the molecule is Cc1[nH]c(C(=O)OCC(=O)c2cc(C)n(C3CC3)c2C)c(C)c1C(=O)OC(C)C. The van der Waals surface area contributed by atoms with Crippen LogP contribution in [0.15, 0.2) is 6.07 Å². The molecule has 0 atom stereocenters.